The summed E-state index contributed by atoms with van der Waals surface area (Å²) in [6, 6.07) is 4.93. The first kappa shape index (κ1) is 32.4. The quantitative estimate of drug-likeness (QED) is 0.209. The van der Waals surface area contributed by atoms with Crippen LogP contribution in [0.15, 0.2) is 24.3 Å². The minimum Gasteiger partial charge on any atom is -0.496 e. The first-order valence-corrected chi connectivity index (χ1v) is 14.1. The summed E-state index contributed by atoms with van der Waals surface area (Å²) in [6.45, 7) is 4.33. The van der Waals surface area contributed by atoms with Crippen LogP contribution in [-0.2, 0) is 14.4 Å². The molecule has 0 aliphatic carbocycles. The van der Waals surface area contributed by atoms with Crippen LogP contribution in [-0.4, -0.2) is 109 Å². The molecule has 2 heterocycles. The maximum atomic E-state index is 13.6. The van der Waals surface area contributed by atoms with Crippen LogP contribution >= 0.6 is 0 Å². The zero-order valence-electron chi connectivity index (χ0n) is 24.9. The summed E-state index contributed by atoms with van der Waals surface area (Å²) in [4.78, 5) is 70.2. The summed E-state index contributed by atoms with van der Waals surface area (Å²) >= 11 is 0. The Bertz CT molecular complexity index is 1290. The number of methoxy groups -OCH3 is 1. The van der Waals surface area contributed by atoms with Gasteiger partial charge in [0.25, 0.3) is 5.91 Å². The number of H-pyrrole nitrogens is 1. The van der Waals surface area contributed by atoms with E-state index in [0.717, 1.165) is 4.90 Å². The van der Waals surface area contributed by atoms with Gasteiger partial charge >= 0.3 is 6.09 Å². The monoisotopic (exact) mass is 586 g/mol. The molecule has 13 heteroatoms. The highest BCUT2D eigenvalue weighted by Gasteiger charge is 2.34. The number of likely N-dealkylation sites (N-methyl/N-ethyl adjacent to an activating group) is 1. The number of aromatic amines is 1. The summed E-state index contributed by atoms with van der Waals surface area (Å²) < 4.78 is 5.37. The van der Waals surface area contributed by atoms with Crippen LogP contribution in [0.4, 0.5) is 4.79 Å². The number of ketones is 1. The lowest BCUT2D eigenvalue weighted by molar-refractivity contribution is -0.130. The van der Waals surface area contributed by atoms with Crippen LogP contribution in [0.25, 0.3) is 10.9 Å². The van der Waals surface area contributed by atoms with Crippen molar-refractivity contribution in [3.05, 3.63) is 30.0 Å². The Morgan fingerprint density at radius 1 is 1.12 bits per heavy atom. The minimum atomic E-state index is -1.26. The molecule has 0 radical (unpaired) electrons. The number of hydrogen-bond donors (Lipinski definition) is 5. The van der Waals surface area contributed by atoms with Crippen LogP contribution in [0, 0.1) is 11.8 Å². The molecule has 1 aromatic carbocycles. The Hall–Kier alpha value is -4.13. The molecule has 3 rings (SSSR count). The van der Waals surface area contributed by atoms with Gasteiger partial charge in [-0.05, 0) is 57.5 Å². The molecule has 2 aromatic rings. The van der Waals surface area contributed by atoms with Crippen LogP contribution in [0.5, 0.6) is 5.75 Å². The Balaban J connectivity index is 1.80. The number of rotatable bonds is 15. The highest BCUT2D eigenvalue weighted by atomic mass is 16.5. The van der Waals surface area contributed by atoms with Crippen molar-refractivity contribution in [2.45, 2.75) is 45.2 Å². The predicted molar refractivity (Wildman–Crippen MR) is 156 cm³/mol. The van der Waals surface area contributed by atoms with E-state index in [1.54, 1.807) is 43.3 Å². The zero-order valence-corrected chi connectivity index (χ0v) is 24.9. The molecule has 1 saturated heterocycles. The van der Waals surface area contributed by atoms with E-state index in [2.05, 4.69) is 20.9 Å². The van der Waals surface area contributed by atoms with Gasteiger partial charge in [-0.15, -0.1) is 0 Å². The van der Waals surface area contributed by atoms with E-state index in [0.29, 0.717) is 36.2 Å². The average molecular weight is 587 g/mol. The number of fused-ring (bicyclic) bond motifs is 1. The lowest BCUT2D eigenvalue weighted by atomic mass is 9.94. The zero-order chi connectivity index (χ0) is 31.0. The summed E-state index contributed by atoms with van der Waals surface area (Å²) in [5.74, 6) is -1.72. The van der Waals surface area contributed by atoms with Gasteiger partial charge in [0.1, 0.15) is 17.5 Å². The lowest BCUT2D eigenvalue weighted by Crippen LogP contribution is -2.54. The maximum Gasteiger partial charge on any atom is 0.407 e. The molecule has 42 heavy (non-hydrogen) atoms. The van der Waals surface area contributed by atoms with Gasteiger partial charge < -0.3 is 35.7 Å². The fourth-order valence-electron chi connectivity index (χ4n) is 4.93. The fourth-order valence-corrected chi connectivity index (χ4v) is 4.93. The molecule has 5 N–H and O–H groups in total. The van der Waals surface area contributed by atoms with Crippen LogP contribution < -0.4 is 20.7 Å². The minimum absolute atomic E-state index is 0.0205. The number of hydrogen-bond acceptors (Lipinski definition) is 7. The normalized spacial score (nSPS) is 16.3. The van der Waals surface area contributed by atoms with Gasteiger partial charge in [-0.25, -0.2) is 4.79 Å². The van der Waals surface area contributed by atoms with Gasteiger partial charge in [0.15, 0.2) is 5.78 Å². The van der Waals surface area contributed by atoms with Crippen molar-refractivity contribution in [1.82, 2.24) is 30.7 Å². The molecule has 0 unspecified atom stereocenters. The fraction of sp³-hybridized carbons (Fsp3) is 0.552. The molecule has 1 aliphatic rings. The molecule has 1 aromatic heterocycles. The number of carboxylic acid groups (broad SMARTS) is 1. The van der Waals surface area contributed by atoms with E-state index in [1.807, 2.05) is 13.8 Å². The van der Waals surface area contributed by atoms with Crippen molar-refractivity contribution < 1.29 is 33.8 Å². The van der Waals surface area contributed by atoms with E-state index >= 15 is 0 Å². The number of nitrogens with one attached hydrogen (secondary N) is 4. The Morgan fingerprint density at radius 3 is 2.45 bits per heavy atom. The van der Waals surface area contributed by atoms with Crippen molar-refractivity contribution >= 4 is 40.5 Å². The van der Waals surface area contributed by atoms with Crippen LogP contribution in [0.3, 0.4) is 0 Å². The first-order chi connectivity index (χ1) is 19.9. The Kier molecular flexibility index (Phi) is 11.3. The molecule has 0 bridgehead atoms. The largest absolute Gasteiger partial charge is 0.496 e. The highest BCUT2D eigenvalue weighted by molar-refractivity contribution is 6.02. The van der Waals surface area contributed by atoms with Crippen molar-refractivity contribution in [1.29, 1.82) is 0 Å². The maximum absolute atomic E-state index is 13.6. The molecule has 1 aliphatic heterocycles. The predicted octanol–water partition coefficient (Wildman–Crippen LogP) is 1.44. The van der Waals surface area contributed by atoms with Crippen molar-refractivity contribution in [2.24, 2.45) is 11.8 Å². The molecular formula is C29H42N6O7. The van der Waals surface area contributed by atoms with Crippen LogP contribution in [0.1, 0.15) is 43.6 Å². The molecule has 3 atom stereocenters. The average Bonchev–Trinajstić information content (AvgIpc) is 3.55. The summed E-state index contributed by atoms with van der Waals surface area (Å²) in [5.41, 5.74) is 0.936. The lowest BCUT2D eigenvalue weighted by Gasteiger charge is -2.27. The van der Waals surface area contributed by atoms with Crippen molar-refractivity contribution in [2.75, 3.05) is 47.4 Å². The van der Waals surface area contributed by atoms with Gasteiger partial charge in [-0.1, -0.05) is 19.9 Å². The van der Waals surface area contributed by atoms with E-state index in [-0.39, 0.29) is 36.9 Å². The molecule has 1 fully saturated rings. The molecule has 0 spiro atoms. The third-order valence-corrected chi connectivity index (χ3v) is 7.24. The van der Waals surface area contributed by atoms with E-state index in [1.165, 1.54) is 7.11 Å². The smallest absolute Gasteiger partial charge is 0.407 e. The number of amides is 4. The SMILES string of the molecule is COc1cccc2[nH]c(C(=O)N[C@@H](CC(C)C)C(=O)N[C@@H](C[C@@H]3CCNC3=O)C(=O)CN(CCN(C)C)C(=O)O)cc12. The van der Waals surface area contributed by atoms with E-state index < -0.39 is 48.2 Å². The van der Waals surface area contributed by atoms with Gasteiger partial charge in [0, 0.05) is 36.5 Å². The number of aromatic nitrogens is 1. The topological polar surface area (TPSA) is 173 Å². The van der Waals surface area contributed by atoms with Gasteiger partial charge in [-0.2, -0.15) is 0 Å². The first-order valence-electron chi connectivity index (χ1n) is 14.1. The number of nitrogens with zero attached hydrogens (tertiary/aromatic N) is 2. The number of carbonyl (C=O) groups is 5. The van der Waals surface area contributed by atoms with Gasteiger partial charge in [-0.3, -0.25) is 24.1 Å². The van der Waals surface area contributed by atoms with Gasteiger partial charge in [0.05, 0.1) is 19.7 Å². The molecule has 4 amide bonds. The molecule has 0 saturated carbocycles. The van der Waals surface area contributed by atoms with Crippen molar-refractivity contribution in [3.8, 4) is 5.75 Å². The second-order valence-corrected chi connectivity index (χ2v) is 11.3. The second kappa shape index (κ2) is 14.7. The summed E-state index contributed by atoms with van der Waals surface area (Å²) in [6.07, 6.45) is -0.441. The highest BCUT2D eigenvalue weighted by Crippen LogP contribution is 2.26. The van der Waals surface area contributed by atoms with Gasteiger partial charge in [0.2, 0.25) is 11.8 Å². The Morgan fingerprint density at radius 2 is 1.86 bits per heavy atom. The Labute approximate surface area is 245 Å². The number of ether oxygens (including phenoxy) is 1. The number of Topliss-reactive ketones (excluding diaryl/α,β-unsaturated/α-hetero) is 1. The molecular weight excluding hydrogens is 544 g/mol. The third kappa shape index (κ3) is 8.68. The second-order valence-electron chi connectivity index (χ2n) is 11.3. The number of carbonyl (C=O) groups excluding carboxylic acids is 4. The molecule has 13 nitrogen and oxygen atoms in total. The van der Waals surface area contributed by atoms with E-state index in [9.17, 15) is 29.1 Å². The number of benzene rings is 1. The molecule has 230 valence electrons. The van der Waals surface area contributed by atoms with E-state index in [4.69, 9.17) is 4.74 Å². The third-order valence-electron chi connectivity index (χ3n) is 7.24. The standard InChI is InChI=1S/C29H42N6O7/c1-17(2)13-22(33-28(39)23-15-19-20(31-23)7-6-8-25(19)42-5)27(38)32-21(14-18-9-10-30-26(18)37)24(36)16-35(29(40)41)12-11-34(3)4/h6-8,15,17-18,21-22,31H,9-14,16H2,1-5H3,(H,30,37)(H,32,38)(H,33,39)(H,40,41)/t18-,21-,22-/m0/s1. The van der Waals surface area contributed by atoms with Crippen molar-refractivity contribution in [3.63, 3.8) is 0 Å². The summed E-state index contributed by atoms with van der Waals surface area (Å²) in [7, 11) is 5.12. The van der Waals surface area contributed by atoms with Crippen LogP contribution in [0.2, 0.25) is 0 Å². The summed E-state index contributed by atoms with van der Waals surface area (Å²) in [5, 5.41) is 18.6.